The molecule has 94 valence electrons. The summed E-state index contributed by atoms with van der Waals surface area (Å²) in [6.45, 7) is 3.38. The fourth-order valence-electron chi connectivity index (χ4n) is 2.47. The second-order valence-corrected chi connectivity index (χ2v) is 4.76. The van der Waals surface area contributed by atoms with Crippen LogP contribution in [0, 0.1) is 6.92 Å². The molecular weight excluding hydrogens is 226 g/mol. The van der Waals surface area contributed by atoms with Crippen LogP contribution in [0.5, 0.6) is 5.75 Å². The van der Waals surface area contributed by atoms with E-state index in [1.165, 1.54) is 11.1 Å². The smallest absolute Gasteiger partial charge is 0.123 e. The number of imidazole rings is 1. The molecule has 18 heavy (non-hydrogen) atoms. The number of hydrogen-bond acceptors (Lipinski definition) is 3. The van der Waals surface area contributed by atoms with Crippen molar-refractivity contribution in [3.8, 4) is 5.75 Å². The molecule has 0 amide bonds. The summed E-state index contributed by atoms with van der Waals surface area (Å²) in [5.74, 6) is 1.92. The lowest BCUT2D eigenvalue weighted by Crippen LogP contribution is -2.22. The molecule has 0 saturated carbocycles. The van der Waals surface area contributed by atoms with Gasteiger partial charge in [0, 0.05) is 18.8 Å². The Morgan fingerprint density at radius 1 is 1.50 bits per heavy atom. The maximum atomic E-state index is 5.95. The summed E-state index contributed by atoms with van der Waals surface area (Å²) in [6, 6.07) is 6.35. The number of hydrogen-bond donors (Lipinski definition) is 1. The molecule has 4 nitrogen and oxygen atoms in total. The summed E-state index contributed by atoms with van der Waals surface area (Å²) in [6.07, 6.45) is 4.88. The Hall–Kier alpha value is -1.81. The van der Waals surface area contributed by atoms with Crippen LogP contribution in [0.4, 0.5) is 0 Å². The van der Waals surface area contributed by atoms with Crippen molar-refractivity contribution in [1.82, 2.24) is 9.55 Å². The van der Waals surface area contributed by atoms with Crippen molar-refractivity contribution in [3.63, 3.8) is 0 Å². The molecule has 3 rings (SSSR count). The Morgan fingerprint density at radius 3 is 3.22 bits per heavy atom. The van der Waals surface area contributed by atoms with Gasteiger partial charge >= 0.3 is 0 Å². The Kier molecular flexibility index (Phi) is 2.80. The van der Waals surface area contributed by atoms with Crippen LogP contribution in [0.1, 0.15) is 17.0 Å². The van der Waals surface area contributed by atoms with Crippen LogP contribution in [-0.4, -0.2) is 15.7 Å². The van der Waals surface area contributed by atoms with Gasteiger partial charge in [0.15, 0.2) is 0 Å². The molecule has 1 aliphatic rings. The fourth-order valence-corrected chi connectivity index (χ4v) is 2.47. The molecule has 0 radical (unpaired) electrons. The zero-order valence-electron chi connectivity index (χ0n) is 10.5. The first-order valence-corrected chi connectivity index (χ1v) is 6.22. The number of benzene rings is 1. The van der Waals surface area contributed by atoms with Gasteiger partial charge in [-0.1, -0.05) is 17.7 Å². The molecule has 2 N–H and O–H groups in total. The average Bonchev–Trinajstić information content (AvgIpc) is 2.94. The van der Waals surface area contributed by atoms with Crippen LogP contribution < -0.4 is 10.5 Å². The van der Waals surface area contributed by atoms with E-state index in [0.717, 1.165) is 24.5 Å². The largest absolute Gasteiger partial charge is 0.488 e. The zero-order chi connectivity index (χ0) is 12.5. The Labute approximate surface area is 106 Å². The van der Waals surface area contributed by atoms with Crippen molar-refractivity contribution < 1.29 is 4.74 Å². The summed E-state index contributed by atoms with van der Waals surface area (Å²) in [7, 11) is 0. The second kappa shape index (κ2) is 4.46. The molecule has 4 heteroatoms. The molecule has 1 atom stereocenters. The molecular formula is C14H17N3O. The minimum absolute atomic E-state index is 0.182. The number of aromatic nitrogens is 2. The van der Waals surface area contributed by atoms with Gasteiger partial charge in [-0.05, 0) is 18.6 Å². The zero-order valence-corrected chi connectivity index (χ0v) is 10.5. The molecule has 2 aromatic rings. The molecule has 1 aliphatic heterocycles. The second-order valence-electron chi connectivity index (χ2n) is 4.76. The first kappa shape index (κ1) is 11.3. The van der Waals surface area contributed by atoms with Crippen molar-refractivity contribution in [1.29, 1.82) is 0 Å². The molecule has 0 fully saturated rings. The molecule has 2 heterocycles. The first-order chi connectivity index (χ1) is 8.76. The van der Waals surface area contributed by atoms with Crippen molar-refractivity contribution in [2.45, 2.75) is 32.5 Å². The van der Waals surface area contributed by atoms with Gasteiger partial charge in [-0.25, -0.2) is 4.98 Å². The van der Waals surface area contributed by atoms with E-state index in [-0.39, 0.29) is 6.10 Å². The number of ether oxygens (including phenoxy) is 1. The highest BCUT2D eigenvalue weighted by molar-refractivity contribution is 5.40. The van der Waals surface area contributed by atoms with Crippen LogP contribution >= 0.6 is 0 Å². The third-order valence-corrected chi connectivity index (χ3v) is 3.34. The molecule has 0 saturated heterocycles. The van der Waals surface area contributed by atoms with E-state index in [1.807, 2.05) is 6.20 Å². The lowest BCUT2D eigenvalue weighted by Gasteiger charge is -2.13. The fraction of sp³-hybridized carbons (Fsp3) is 0.357. The molecule has 1 aromatic carbocycles. The van der Waals surface area contributed by atoms with Crippen LogP contribution in [0.15, 0.2) is 30.6 Å². The van der Waals surface area contributed by atoms with Gasteiger partial charge in [-0.2, -0.15) is 0 Å². The lowest BCUT2D eigenvalue weighted by atomic mass is 10.1. The van der Waals surface area contributed by atoms with Crippen molar-refractivity contribution in [2.24, 2.45) is 5.73 Å². The Balaban J connectivity index is 1.75. The standard InChI is InChI=1S/C14H17N3O/c1-10-2-3-13-11(6-10)7-12(18-13)9-17-5-4-16-14(17)8-15/h2-6,12H,7-9,15H2,1H3. The van der Waals surface area contributed by atoms with Gasteiger partial charge in [0.2, 0.25) is 0 Å². The van der Waals surface area contributed by atoms with E-state index in [0.29, 0.717) is 6.54 Å². The highest BCUT2D eigenvalue weighted by atomic mass is 16.5. The predicted molar refractivity (Wildman–Crippen MR) is 69.4 cm³/mol. The monoisotopic (exact) mass is 243 g/mol. The molecule has 0 bridgehead atoms. The topological polar surface area (TPSA) is 53.1 Å². The normalized spacial score (nSPS) is 17.6. The quantitative estimate of drug-likeness (QED) is 0.892. The highest BCUT2D eigenvalue weighted by Crippen LogP contribution is 2.30. The van der Waals surface area contributed by atoms with Crippen molar-refractivity contribution in [2.75, 3.05) is 0 Å². The summed E-state index contributed by atoms with van der Waals surface area (Å²) in [5.41, 5.74) is 8.23. The van der Waals surface area contributed by atoms with Gasteiger partial charge < -0.3 is 15.0 Å². The van der Waals surface area contributed by atoms with E-state index in [4.69, 9.17) is 10.5 Å². The number of aryl methyl sites for hydroxylation is 1. The SMILES string of the molecule is Cc1ccc2c(c1)CC(Cn1ccnc1CN)O2. The average molecular weight is 243 g/mol. The summed E-state index contributed by atoms with van der Waals surface area (Å²) < 4.78 is 8.02. The van der Waals surface area contributed by atoms with Crippen LogP contribution in [-0.2, 0) is 19.5 Å². The van der Waals surface area contributed by atoms with Gasteiger partial charge in [-0.15, -0.1) is 0 Å². The Bertz CT molecular complexity index is 562. The number of nitrogens with two attached hydrogens (primary N) is 1. The maximum Gasteiger partial charge on any atom is 0.123 e. The summed E-state index contributed by atoms with van der Waals surface area (Å²) in [5, 5.41) is 0. The van der Waals surface area contributed by atoms with Crippen LogP contribution in [0.2, 0.25) is 0 Å². The van der Waals surface area contributed by atoms with Gasteiger partial charge in [0.1, 0.15) is 17.7 Å². The third-order valence-electron chi connectivity index (χ3n) is 3.34. The molecule has 0 spiro atoms. The number of fused-ring (bicyclic) bond motifs is 1. The van der Waals surface area contributed by atoms with E-state index >= 15 is 0 Å². The lowest BCUT2D eigenvalue weighted by molar-refractivity contribution is 0.207. The summed E-state index contributed by atoms with van der Waals surface area (Å²) in [4.78, 5) is 4.22. The number of nitrogens with zero attached hydrogens (tertiary/aromatic N) is 2. The minimum Gasteiger partial charge on any atom is -0.488 e. The van der Waals surface area contributed by atoms with Gasteiger partial charge in [0.25, 0.3) is 0 Å². The molecule has 1 aromatic heterocycles. The Morgan fingerprint density at radius 2 is 2.39 bits per heavy atom. The van der Waals surface area contributed by atoms with Crippen molar-refractivity contribution >= 4 is 0 Å². The van der Waals surface area contributed by atoms with E-state index in [9.17, 15) is 0 Å². The summed E-state index contributed by atoms with van der Waals surface area (Å²) >= 11 is 0. The molecule has 0 aliphatic carbocycles. The van der Waals surface area contributed by atoms with E-state index in [1.54, 1.807) is 6.20 Å². The third kappa shape index (κ3) is 1.99. The number of rotatable bonds is 3. The van der Waals surface area contributed by atoms with Gasteiger partial charge in [-0.3, -0.25) is 0 Å². The van der Waals surface area contributed by atoms with Crippen molar-refractivity contribution in [3.05, 3.63) is 47.5 Å². The predicted octanol–water partition coefficient (Wildman–Crippen LogP) is 1.65. The van der Waals surface area contributed by atoms with E-state index in [2.05, 4.69) is 34.7 Å². The van der Waals surface area contributed by atoms with E-state index < -0.39 is 0 Å². The van der Waals surface area contributed by atoms with Crippen LogP contribution in [0.3, 0.4) is 0 Å². The van der Waals surface area contributed by atoms with Gasteiger partial charge in [0.05, 0.1) is 13.1 Å². The highest BCUT2D eigenvalue weighted by Gasteiger charge is 2.23. The minimum atomic E-state index is 0.182. The van der Waals surface area contributed by atoms with Crippen LogP contribution in [0.25, 0.3) is 0 Å². The maximum absolute atomic E-state index is 5.95. The molecule has 1 unspecified atom stereocenters. The first-order valence-electron chi connectivity index (χ1n) is 6.22.